The van der Waals surface area contributed by atoms with Crippen LogP contribution in [0.2, 0.25) is 0 Å². The van der Waals surface area contributed by atoms with Gasteiger partial charge >= 0.3 is 0 Å². The van der Waals surface area contributed by atoms with Crippen LogP contribution in [0.1, 0.15) is 11.1 Å². The van der Waals surface area contributed by atoms with Gasteiger partial charge in [0.2, 0.25) is 0 Å². The number of rotatable bonds is 3. The highest BCUT2D eigenvalue weighted by Crippen LogP contribution is 2.18. The standard InChI is InChI=1S/C15H20N4O3/c1-10-4-11(2-3-12(10)19-9-16-8-17-19)5-18-6-13(20)15(22)14(21)7-18/h2-4,8-9,13-15,20-22H,5-7H2,1H3/t13-,14+,15?. The van der Waals surface area contributed by atoms with Crippen LogP contribution in [0.15, 0.2) is 30.9 Å². The van der Waals surface area contributed by atoms with Gasteiger partial charge in [-0.15, -0.1) is 0 Å². The zero-order valence-electron chi connectivity index (χ0n) is 12.4. The molecule has 1 unspecified atom stereocenters. The molecule has 0 spiro atoms. The van der Waals surface area contributed by atoms with E-state index in [2.05, 4.69) is 16.1 Å². The Hall–Kier alpha value is -1.80. The van der Waals surface area contributed by atoms with Gasteiger partial charge in [0.25, 0.3) is 0 Å². The van der Waals surface area contributed by atoms with Crippen molar-refractivity contribution in [2.75, 3.05) is 13.1 Å². The second-order valence-electron chi connectivity index (χ2n) is 5.78. The molecule has 0 saturated carbocycles. The van der Waals surface area contributed by atoms with E-state index in [9.17, 15) is 15.3 Å². The van der Waals surface area contributed by atoms with Crippen molar-refractivity contribution in [3.63, 3.8) is 0 Å². The van der Waals surface area contributed by atoms with Crippen LogP contribution in [0.4, 0.5) is 0 Å². The molecule has 1 aromatic carbocycles. The van der Waals surface area contributed by atoms with Gasteiger partial charge in [-0.2, -0.15) is 5.10 Å². The second-order valence-corrected chi connectivity index (χ2v) is 5.78. The SMILES string of the molecule is Cc1cc(CN2C[C@@H](O)C(O)[C@@H](O)C2)ccc1-n1cncn1. The number of hydrogen-bond acceptors (Lipinski definition) is 6. The molecule has 2 heterocycles. The summed E-state index contributed by atoms with van der Waals surface area (Å²) in [5.74, 6) is 0. The summed E-state index contributed by atoms with van der Waals surface area (Å²) in [5.41, 5.74) is 3.12. The van der Waals surface area contributed by atoms with Gasteiger partial charge in [-0.25, -0.2) is 9.67 Å². The first-order chi connectivity index (χ1) is 10.5. The number of β-amino-alcohol motifs (C(OH)–C–C–N with tert-alkyl or cyclic N) is 2. The fourth-order valence-electron chi connectivity index (χ4n) is 2.87. The van der Waals surface area contributed by atoms with Crippen LogP contribution >= 0.6 is 0 Å². The number of aliphatic hydroxyl groups is 3. The van der Waals surface area contributed by atoms with Crippen LogP contribution in [0.25, 0.3) is 5.69 Å². The van der Waals surface area contributed by atoms with E-state index in [0.29, 0.717) is 19.6 Å². The molecule has 3 atom stereocenters. The smallest absolute Gasteiger partial charge is 0.138 e. The third kappa shape index (κ3) is 3.02. The number of piperidine rings is 1. The van der Waals surface area contributed by atoms with E-state index in [1.807, 2.05) is 24.0 Å². The molecule has 0 amide bonds. The van der Waals surface area contributed by atoms with E-state index in [0.717, 1.165) is 16.8 Å². The van der Waals surface area contributed by atoms with Crippen molar-refractivity contribution in [3.8, 4) is 5.69 Å². The third-order valence-corrected chi connectivity index (χ3v) is 4.01. The topological polar surface area (TPSA) is 94.6 Å². The van der Waals surface area contributed by atoms with Crippen LogP contribution in [0, 0.1) is 6.92 Å². The lowest BCUT2D eigenvalue weighted by Crippen LogP contribution is -2.54. The maximum Gasteiger partial charge on any atom is 0.138 e. The Morgan fingerprint density at radius 1 is 1.18 bits per heavy atom. The molecule has 1 saturated heterocycles. The Bertz CT molecular complexity index is 620. The lowest BCUT2D eigenvalue weighted by Gasteiger charge is -2.36. The van der Waals surface area contributed by atoms with Crippen LogP contribution in [-0.2, 0) is 6.54 Å². The van der Waals surface area contributed by atoms with Crippen molar-refractivity contribution >= 4 is 0 Å². The summed E-state index contributed by atoms with van der Waals surface area (Å²) >= 11 is 0. The predicted octanol–water partition coefficient (Wildman–Crippen LogP) is -0.526. The summed E-state index contributed by atoms with van der Waals surface area (Å²) in [6.07, 6.45) is 0.252. The minimum absolute atomic E-state index is 0.349. The Morgan fingerprint density at radius 3 is 2.50 bits per heavy atom. The van der Waals surface area contributed by atoms with E-state index in [1.54, 1.807) is 11.0 Å². The van der Waals surface area contributed by atoms with Crippen LogP contribution in [0.5, 0.6) is 0 Å². The number of nitrogens with zero attached hydrogens (tertiary/aromatic N) is 4. The summed E-state index contributed by atoms with van der Waals surface area (Å²) in [6.45, 7) is 3.31. The van der Waals surface area contributed by atoms with Crippen LogP contribution < -0.4 is 0 Å². The zero-order valence-corrected chi connectivity index (χ0v) is 12.4. The molecule has 7 nitrogen and oxygen atoms in total. The molecule has 0 radical (unpaired) electrons. The largest absolute Gasteiger partial charge is 0.389 e. The maximum absolute atomic E-state index is 9.75. The van der Waals surface area contributed by atoms with Crippen LogP contribution in [0.3, 0.4) is 0 Å². The van der Waals surface area contributed by atoms with Gasteiger partial charge in [0.1, 0.15) is 18.8 Å². The van der Waals surface area contributed by atoms with Crippen molar-refractivity contribution in [1.82, 2.24) is 19.7 Å². The van der Waals surface area contributed by atoms with Gasteiger partial charge in [-0.1, -0.05) is 12.1 Å². The molecule has 118 valence electrons. The summed E-state index contributed by atoms with van der Waals surface area (Å²) in [4.78, 5) is 5.88. The molecule has 1 aliphatic heterocycles. The highest BCUT2D eigenvalue weighted by Gasteiger charge is 2.33. The molecule has 1 aromatic heterocycles. The molecule has 0 bridgehead atoms. The van der Waals surface area contributed by atoms with Gasteiger partial charge in [0.05, 0.1) is 17.9 Å². The number of aliphatic hydroxyl groups excluding tert-OH is 3. The van der Waals surface area contributed by atoms with Crippen molar-refractivity contribution in [1.29, 1.82) is 0 Å². The summed E-state index contributed by atoms with van der Waals surface area (Å²) in [7, 11) is 0. The Labute approximate surface area is 128 Å². The molecule has 22 heavy (non-hydrogen) atoms. The van der Waals surface area contributed by atoms with Crippen LogP contribution in [-0.4, -0.2) is 66.4 Å². The van der Waals surface area contributed by atoms with Gasteiger partial charge in [-0.3, -0.25) is 4.90 Å². The lowest BCUT2D eigenvalue weighted by molar-refractivity contribution is -0.111. The fraction of sp³-hybridized carbons (Fsp3) is 0.467. The number of benzene rings is 1. The molecule has 3 rings (SSSR count). The van der Waals surface area contributed by atoms with Gasteiger partial charge in [0, 0.05) is 19.6 Å². The Morgan fingerprint density at radius 2 is 1.91 bits per heavy atom. The second kappa shape index (κ2) is 6.13. The Kier molecular flexibility index (Phi) is 4.21. The molecular formula is C15H20N4O3. The molecule has 2 aromatic rings. The molecule has 7 heteroatoms. The molecule has 1 aliphatic rings. The Balaban J connectivity index is 1.72. The zero-order chi connectivity index (χ0) is 15.7. The molecule has 3 N–H and O–H groups in total. The molecular weight excluding hydrogens is 284 g/mol. The molecule has 0 aliphatic carbocycles. The van der Waals surface area contributed by atoms with Gasteiger partial charge < -0.3 is 15.3 Å². The normalized spacial score (nSPS) is 26.3. The van der Waals surface area contributed by atoms with Crippen molar-refractivity contribution in [3.05, 3.63) is 42.0 Å². The number of likely N-dealkylation sites (tertiary alicyclic amines) is 1. The van der Waals surface area contributed by atoms with Gasteiger partial charge in [-0.05, 0) is 24.1 Å². The average Bonchev–Trinajstić information content (AvgIpc) is 2.99. The third-order valence-electron chi connectivity index (χ3n) is 4.01. The summed E-state index contributed by atoms with van der Waals surface area (Å²) < 4.78 is 1.71. The quantitative estimate of drug-likeness (QED) is 0.706. The summed E-state index contributed by atoms with van der Waals surface area (Å²) in [6, 6.07) is 6.03. The van der Waals surface area contributed by atoms with Crippen molar-refractivity contribution < 1.29 is 15.3 Å². The summed E-state index contributed by atoms with van der Waals surface area (Å²) in [5, 5.41) is 33.2. The first-order valence-electron chi connectivity index (χ1n) is 7.25. The number of hydrogen-bond donors (Lipinski definition) is 3. The minimum Gasteiger partial charge on any atom is -0.389 e. The van der Waals surface area contributed by atoms with E-state index >= 15 is 0 Å². The predicted molar refractivity (Wildman–Crippen MR) is 79.4 cm³/mol. The van der Waals surface area contributed by atoms with Crippen molar-refractivity contribution in [2.24, 2.45) is 0 Å². The average molecular weight is 304 g/mol. The minimum atomic E-state index is -1.06. The van der Waals surface area contributed by atoms with E-state index in [-0.39, 0.29) is 0 Å². The van der Waals surface area contributed by atoms with Gasteiger partial charge in [0.15, 0.2) is 0 Å². The maximum atomic E-state index is 9.75. The van der Waals surface area contributed by atoms with Crippen molar-refractivity contribution in [2.45, 2.75) is 31.8 Å². The first kappa shape index (κ1) is 15.1. The lowest BCUT2D eigenvalue weighted by atomic mass is 10.0. The van der Waals surface area contributed by atoms with E-state index < -0.39 is 18.3 Å². The number of aryl methyl sites for hydroxylation is 1. The molecule has 1 fully saturated rings. The van der Waals surface area contributed by atoms with E-state index in [4.69, 9.17) is 0 Å². The fourth-order valence-corrected chi connectivity index (χ4v) is 2.87. The highest BCUT2D eigenvalue weighted by atomic mass is 16.4. The number of aromatic nitrogens is 3. The highest BCUT2D eigenvalue weighted by molar-refractivity contribution is 5.41. The van der Waals surface area contributed by atoms with E-state index in [1.165, 1.54) is 6.33 Å². The monoisotopic (exact) mass is 304 g/mol. The first-order valence-corrected chi connectivity index (χ1v) is 7.25.